The van der Waals surface area contributed by atoms with E-state index in [1.807, 2.05) is 68.4 Å². The normalized spacial score (nSPS) is 12.1. The van der Waals surface area contributed by atoms with Crippen LogP contribution in [0.15, 0.2) is 59.0 Å². The molecule has 3 aromatic rings. The highest BCUT2D eigenvalue weighted by molar-refractivity contribution is 7.88. The van der Waals surface area contributed by atoms with E-state index in [4.69, 9.17) is 4.42 Å². The predicted octanol–water partition coefficient (Wildman–Crippen LogP) is 3.55. The van der Waals surface area contributed by atoms with Crippen molar-refractivity contribution in [3.63, 3.8) is 0 Å². The zero-order valence-electron chi connectivity index (χ0n) is 15.0. The Hall–Kier alpha value is -2.15. The first kappa shape index (κ1) is 18.6. The molecule has 0 fully saturated rings. The van der Waals surface area contributed by atoms with Gasteiger partial charge in [-0.05, 0) is 37.1 Å². The molecule has 1 heterocycles. The zero-order chi connectivity index (χ0) is 18.6. The van der Waals surface area contributed by atoms with E-state index < -0.39 is 10.0 Å². The van der Waals surface area contributed by atoms with Gasteiger partial charge in [-0.15, -0.1) is 0 Å². The highest BCUT2D eigenvalue weighted by atomic mass is 32.2. The van der Waals surface area contributed by atoms with Gasteiger partial charge in [-0.25, -0.2) is 13.1 Å². The Labute approximate surface area is 154 Å². The number of rotatable bonds is 8. The van der Waals surface area contributed by atoms with Gasteiger partial charge in [0.25, 0.3) is 0 Å². The number of benzene rings is 2. The third-order valence-electron chi connectivity index (χ3n) is 3.97. The van der Waals surface area contributed by atoms with Gasteiger partial charge in [0.2, 0.25) is 10.0 Å². The summed E-state index contributed by atoms with van der Waals surface area (Å²) in [6.07, 6.45) is 0. The maximum absolute atomic E-state index is 12.2. The fraction of sp³-hybridized carbons (Fsp3) is 0.300. The molecule has 3 rings (SSSR count). The second-order valence-corrected chi connectivity index (χ2v) is 8.41. The molecule has 1 aromatic heterocycles. The Morgan fingerprint density at radius 1 is 0.962 bits per heavy atom. The third-order valence-corrected chi connectivity index (χ3v) is 5.49. The van der Waals surface area contributed by atoms with Gasteiger partial charge < -0.3 is 9.73 Å². The van der Waals surface area contributed by atoms with Crippen molar-refractivity contribution < 1.29 is 12.8 Å². The van der Waals surface area contributed by atoms with Crippen molar-refractivity contribution in [1.82, 2.24) is 10.0 Å². The average molecular weight is 372 g/mol. The quantitative estimate of drug-likeness (QED) is 0.634. The lowest BCUT2D eigenvalue weighted by atomic mass is 10.1. The van der Waals surface area contributed by atoms with E-state index in [1.165, 1.54) is 0 Å². The predicted molar refractivity (Wildman–Crippen MR) is 104 cm³/mol. The highest BCUT2D eigenvalue weighted by Crippen LogP contribution is 2.19. The minimum Gasteiger partial charge on any atom is -0.460 e. The number of hydrogen-bond donors (Lipinski definition) is 2. The summed E-state index contributed by atoms with van der Waals surface area (Å²) in [5, 5.41) is 4.42. The molecule has 138 valence electrons. The topological polar surface area (TPSA) is 71.3 Å². The van der Waals surface area contributed by atoms with Crippen LogP contribution in [0.5, 0.6) is 0 Å². The molecule has 0 aliphatic carbocycles. The minimum absolute atomic E-state index is 0.0202. The van der Waals surface area contributed by atoms with Crippen LogP contribution in [0.2, 0.25) is 0 Å². The number of para-hydroxylation sites is 1. The first-order valence-corrected chi connectivity index (χ1v) is 10.3. The monoisotopic (exact) mass is 372 g/mol. The summed E-state index contributed by atoms with van der Waals surface area (Å²) < 4.78 is 32.8. The number of sulfonamides is 1. The minimum atomic E-state index is -3.35. The fourth-order valence-corrected chi connectivity index (χ4v) is 4.41. The molecule has 0 unspecified atom stereocenters. The van der Waals surface area contributed by atoms with Crippen molar-refractivity contribution in [2.45, 2.75) is 38.7 Å². The van der Waals surface area contributed by atoms with Gasteiger partial charge in [-0.3, -0.25) is 0 Å². The van der Waals surface area contributed by atoms with Crippen LogP contribution in [0.25, 0.3) is 11.0 Å². The van der Waals surface area contributed by atoms with Gasteiger partial charge in [0, 0.05) is 18.0 Å². The summed E-state index contributed by atoms with van der Waals surface area (Å²) in [6.45, 7) is 4.79. The lowest BCUT2D eigenvalue weighted by molar-refractivity contribution is 0.513. The van der Waals surface area contributed by atoms with E-state index in [0.29, 0.717) is 13.1 Å². The molecule has 0 atom stereocenters. The standard InChI is InChI=1S/C20H24N2O3S/c1-15(2)22-26(23,24)14-18-9-4-3-8-17(18)12-21-13-19-11-16-7-5-6-10-20(16)25-19/h3-11,15,21-22H,12-14H2,1-2H3. The Balaban J connectivity index is 1.64. The first-order chi connectivity index (χ1) is 12.4. The van der Waals surface area contributed by atoms with Gasteiger partial charge in [0.1, 0.15) is 11.3 Å². The van der Waals surface area contributed by atoms with E-state index in [0.717, 1.165) is 27.9 Å². The molecule has 0 aliphatic heterocycles. The number of hydrogen-bond acceptors (Lipinski definition) is 4. The molecule has 26 heavy (non-hydrogen) atoms. The molecule has 5 nitrogen and oxygen atoms in total. The molecular weight excluding hydrogens is 348 g/mol. The van der Waals surface area contributed by atoms with Crippen molar-refractivity contribution in [2.24, 2.45) is 0 Å². The van der Waals surface area contributed by atoms with Gasteiger partial charge in [0.15, 0.2) is 0 Å². The van der Waals surface area contributed by atoms with Crippen LogP contribution in [-0.4, -0.2) is 14.5 Å². The lowest BCUT2D eigenvalue weighted by Crippen LogP contribution is -2.31. The average Bonchev–Trinajstić information content (AvgIpc) is 2.97. The van der Waals surface area contributed by atoms with Crippen LogP contribution in [0.1, 0.15) is 30.7 Å². The van der Waals surface area contributed by atoms with E-state index in [9.17, 15) is 8.42 Å². The Bertz CT molecular complexity index is 944. The lowest BCUT2D eigenvalue weighted by Gasteiger charge is -2.13. The molecule has 0 bridgehead atoms. The van der Waals surface area contributed by atoms with Crippen LogP contribution in [0.3, 0.4) is 0 Å². The summed E-state index contributed by atoms with van der Waals surface area (Å²) in [5.74, 6) is 0.839. The third kappa shape index (κ3) is 4.94. The van der Waals surface area contributed by atoms with Crippen molar-refractivity contribution in [1.29, 1.82) is 0 Å². The van der Waals surface area contributed by atoms with Crippen LogP contribution < -0.4 is 10.0 Å². The SMILES string of the molecule is CC(C)NS(=O)(=O)Cc1ccccc1CNCc1cc2ccccc2o1. The maximum atomic E-state index is 12.2. The molecule has 0 radical (unpaired) electrons. The molecule has 0 saturated carbocycles. The summed E-state index contributed by atoms with van der Waals surface area (Å²) in [5.41, 5.74) is 2.64. The molecule has 2 aromatic carbocycles. The van der Waals surface area contributed by atoms with E-state index in [-0.39, 0.29) is 11.8 Å². The number of fused-ring (bicyclic) bond motifs is 1. The maximum Gasteiger partial charge on any atom is 0.216 e. The van der Waals surface area contributed by atoms with Crippen molar-refractivity contribution in [2.75, 3.05) is 0 Å². The smallest absolute Gasteiger partial charge is 0.216 e. The zero-order valence-corrected chi connectivity index (χ0v) is 15.8. The Kier molecular flexibility index (Phi) is 5.76. The fourth-order valence-electron chi connectivity index (χ4n) is 2.92. The highest BCUT2D eigenvalue weighted by Gasteiger charge is 2.15. The largest absolute Gasteiger partial charge is 0.460 e. The van der Waals surface area contributed by atoms with Crippen LogP contribution in [-0.2, 0) is 28.9 Å². The molecule has 0 amide bonds. The molecular formula is C20H24N2O3S. The number of furan rings is 1. The molecule has 6 heteroatoms. The van der Waals surface area contributed by atoms with Crippen LogP contribution >= 0.6 is 0 Å². The second kappa shape index (κ2) is 8.03. The molecule has 0 saturated heterocycles. The summed E-state index contributed by atoms with van der Waals surface area (Å²) in [4.78, 5) is 0. The van der Waals surface area contributed by atoms with Gasteiger partial charge in [-0.1, -0.05) is 42.5 Å². The molecule has 2 N–H and O–H groups in total. The van der Waals surface area contributed by atoms with Gasteiger partial charge in [0.05, 0.1) is 12.3 Å². The van der Waals surface area contributed by atoms with Crippen molar-refractivity contribution in [3.8, 4) is 0 Å². The van der Waals surface area contributed by atoms with Gasteiger partial charge >= 0.3 is 0 Å². The summed E-state index contributed by atoms with van der Waals surface area (Å²) in [6, 6.07) is 17.4. The van der Waals surface area contributed by atoms with Crippen molar-refractivity contribution in [3.05, 3.63) is 71.5 Å². The molecule has 0 spiro atoms. The van der Waals surface area contributed by atoms with Gasteiger partial charge in [-0.2, -0.15) is 0 Å². The van der Waals surface area contributed by atoms with Crippen molar-refractivity contribution >= 4 is 21.0 Å². The van der Waals surface area contributed by atoms with Crippen LogP contribution in [0, 0.1) is 0 Å². The Morgan fingerprint density at radius 2 is 1.65 bits per heavy atom. The number of nitrogens with one attached hydrogen (secondary N) is 2. The van der Waals surface area contributed by atoms with Crippen LogP contribution in [0.4, 0.5) is 0 Å². The summed E-state index contributed by atoms with van der Waals surface area (Å²) >= 11 is 0. The molecule has 0 aliphatic rings. The second-order valence-electron chi connectivity index (χ2n) is 6.65. The van der Waals surface area contributed by atoms with E-state index >= 15 is 0 Å². The van der Waals surface area contributed by atoms with E-state index in [1.54, 1.807) is 0 Å². The van der Waals surface area contributed by atoms with E-state index in [2.05, 4.69) is 10.0 Å². The summed E-state index contributed by atoms with van der Waals surface area (Å²) in [7, 11) is -3.35. The first-order valence-electron chi connectivity index (χ1n) is 8.68. The Morgan fingerprint density at radius 3 is 2.38 bits per heavy atom.